The van der Waals surface area contributed by atoms with Gasteiger partial charge in [0.05, 0.1) is 25.2 Å². The number of nitrogens with zero attached hydrogens (tertiary/aromatic N) is 2. The highest BCUT2D eigenvalue weighted by Gasteiger charge is 2.43. The molecule has 2 aromatic rings. The van der Waals surface area contributed by atoms with Gasteiger partial charge in [0.2, 0.25) is 11.4 Å². The maximum atomic E-state index is 14.5. The van der Waals surface area contributed by atoms with Crippen molar-refractivity contribution >= 4 is 22.9 Å². The molecule has 2 fully saturated rings. The van der Waals surface area contributed by atoms with Crippen LogP contribution >= 0.6 is 0 Å². The summed E-state index contributed by atoms with van der Waals surface area (Å²) in [6.45, 7) is 2.42. The molecule has 2 aliphatic heterocycles. The van der Waals surface area contributed by atoms with Crippen molar-refractivity contribution in [3.63, 3.8) is 0 Å². The molecule has 3 heterocycles. The fourth-order valence-electron chi connectivity index (χ4n) is 3.17. The lowest BCUT2D eigenvalue weighted by Gasteiger charge is -2.20. The molecular weight excluding hydrogens is 354 g/mol. The minimum Gasteiger partial charge on any atom is -0.444 e. The second kappa shape index (κ2) is 6.45. The number of carbonyl (C=O) groups is 1. The van der Waals surface area contributed by atoms with E-state index in [1.165, 1.54) is 18.1 Å². The zero-order valence-electron chi connectivity index (χ0n) is 14.0. The van der Waals surface area contributed by atoms with Crippen molar-refractivity contribution in [1.29, 1.82) is 0 Å². The SMILES string of the molecule is COC[C@H]1[C@@H](C)OC(=O)N1c1noc2c(F)c(F)c(C3OCCO3)cc12. The van der Waals surface area contributed by atoms with Crippen LogP contribution in [0.15, 0.2) is 10.6 Å². The molecule has 4 rings (SSSR count). The second-order valence-corrected chi connectivity index (χ2v) is 6.03. The number of fused-ring (bicyclic) bond motifs is 1. The quantitative estimate of drug-likeness (QED) is 0.818. The predicted octanol–water partition coefficient (Wildman–Crippen LogP) is 2.51. The molecule has 2 aliphatic rings. The first kappa shape index (κ1) is 17.1. The number of hydrogen-bond donors (Lipinski definition) is 0. The van der Waals surface area contributed by atoms with E-state index >= 15 is 0 Å². The zero-order valence-corrected chi connectivity index (χ0v) is 14.0. The Hall–Kier alpha value is -2.30. The molecule has 8 nitrogen and oxygen atoms in total. The fraction of sp³-hybridized carbons (Fsp3) is 0.500. The average Bonchev–Trinajstić information content (AvgIpc) is 3.32. The number of amides is 1. The molecular formula is C16H16F2N2O6. The Morgan fingerprint density at radius 3 is 2.73 bits per heavy atom. The Kier molecular flexibility index (Phi) is 4.25. The van der Waals surface area contributed by atoms with Gasteiger partial charge in [-0.05, 0) is 13.0 Å². The van der Waals surface area contributed by atoms with Crippen molar-refractivity contribution in [3.05, 3.63) is 23.3 Å². The molecule has 1 amide bonds. The largest absolute Gasteiger partial charge is 0.444 e. The molecule has 0 unspecified atom stereocenters. The number of methoxy groups -OCH3 is 1. The molecule has 1 aromatic heterocycles. The highest BCUT2D eigenvalue weighted by Crippen LogP contribution is 2.38. The molecule has 140 valence electrons. The monoisotopic (exact) mass is 370 g/mol. The van der Waals surface area contributed by atoms with E-state index < -0.39 is 41.7 Å². The number of cyclic esters (lactones) is 1. The summed E-state index contributed by atoms with van der Waals surface area (Å²) in [6, 6.07) is 0.826. The standard InChI is InChI=1S/C16H16F2N2O6/c1-7-10(6-22-2)20(16(21)25-7)14-9-5-8(15-23-3-4-24-15)11(17)12(18)13(9)26-19-14/h5,7,10,15H,3-4,6H2,1-2H3/t7-,10+/m1/s1. The number of aromatic nitrogens is 1. The van der Waals surface area contributed by atoms with Gasteiger partial charge in [0, 0.05) is 12.7 Å². The average molecular weight is 370 g/mol. The third-order valence-corrected chi connectivity index (χ3v) is 4.45. The lowest BCUT2D eigenvalue weighted by Crippen LogP contribution is -2.39. The summed E-state index contributed by atoms with van der Waals surface area (Å²) in [5.41, 5.74) is -0.524. The fourth-order valence-corrected chi connectivity index (χ4v) is 3.17. The van der Waals surface area contributed by atoms with Crippen LogP contribution in [0.25, 0.3) is 11.0 Å². The van der Waals surface area contributed by atoms with Crippen LogP contribution in [0, 0.1) is 11.6 Å². The summed E-state index contributed by atoms with van der Waals surface area (Å²) >= 11 is 0. The van der Waals surface area contributed by atoms with Crippen LogP contribution in [0.2, 0.25) is 0 Å². The maximum absolute atomic E-state index is 14.5. The van der Waals surface area contributed by atoms with Crippen molar-refractivity contribution in [2.45, 2.75) is 25.4 Å². The van der Waals surface area contributed by atoms with Crippen LogP contribution in [0.1, 0.15) is 18.8 Å². The summed E-state index contributed by atoms with van der Waals surface area (Å²) in [7, 11) is 1.48. The number of halogens is 2. The van der Waals surface area contributed by atoms with E-state index in [4.69, 9.17) is 23.5 Å². The van der Waals surface area contributed by atoms with Gasteiger partial charge in [0.25, 0.3) is 0 Å². The molecule has 2 atom stereocenters. The number of rotatable bonds is 4. The predicted molar refractivity (Wildman–Crippen MR) is 82.7 cm³/mol. The molecule has 10 heteroatoms. The molecule has 26 heavy (non-hydrogen) atoms. The van der Waals surface area contributed by atoms with E-state index in [-0.39, 0.29) is 36.6 Å². The zero-order chi connectivity index (χ0) is 18.4. The van der Waals surface area contributed by atoms with Gasteiger partial charge >= 0.3 is 6.09 Å². The van der Waals surface area contributed by atoms with Crippen molar-refractivity contribution in [2.75, 3.05) is 31.8 Å². The lowest BCUT2D eigenvalue weighted by atomic mass is 10.1. The number of hydrogen-bond acceptors (Lipinski definition) is 7. The Morgan fingerprint density at radius 1 is 1.31 bits per heavy atom. The molecule has 0 aliphatic carbocycles. The van der Waals surface area contributed by atoms with Crippen molar-refractivity contribution in [3.8, 4) is 0 Å². The third kappa shape index (κ3) is 2.52. The Morgan fingerprint density at radius 2 is 2.04 bits per heavy atom. The third-order valence-electron chi connectivity index (χ3n) is 4.45. The van der Waals surface area contributed by atoms with Gasteiger partial charge in [-0.15, -0.1) is 0 Å². The summed E-state index contributed by atoms with van der Waals surface area (Å²) in [5, 5.41) is 3.89. The van der Waals surface area contributed by atoms with Gasteiger partial charge in [-0.1, -0.05) is 5.16 Å². The van der Waals surface area contributed by atoms with Crippen molar-refractivity contribution in [2.24, 2.45) is 0 Å². The maximum Gasteiger partial charge on any atom is 0.416 e. The minimum absolute atomic E-state index is 0.0227. The molecule has 0 spiro atoms. The van der Waals surface area contributed by atoms with E-state index in [9.17, 15) is 13.6 Å². The first-order valence-electron chi connectivity index (χ1n) is 8.02. The van der Waals surface area contributed by atoms with Crippen LogP contribution in [-0.2, 0) is 18.9 Å². The van der Waals surface area contributed by atoms with Crippen LogP contribution in [0.4, 0.5) is 19.4 Å². The highest BCUT2D eigenvalue weighted by molar-refractivity contribution is 6.00. The number of ether oxygens (including phenoxy) is 4. The lowest BCUT2D eigenvalue weighted by molar-refractivity contribution is -0.0467. The van der Waals surface area contributed by atoms with E-state index in [2.05, 4.69) is 5.16 Å². The van der Waals surface area contributed by atoms with Crippen molar-refractivity contribution < 1.29 is 37.0 Å². The molecule has 0 bridgehead atoms. The normalized spacial score (nSPS) is 24.0. The molecule has 1 aromatic carbocycles. The highest BCUT2D eigenvalue weighted by atomic mass is 19.2. The van der Waals surface area contributed by atoms with Gasteiger partial charge in [0.1, 0.15) is 12.1 Å². The van der Waals surface area contributed by atoms with Gasteiger partial charge in [0.15, 0.2) is 17.9 Å². The van der Waals surface area contributed by atoms with E-state index in [1.807, 2.05) is 0 Å². The van der Waals surface area contributed by atoms with E-state index in [0.717, 1.165) is 0 Å². The topological polar surface area (TPSA) is 83.3 Å². The van der Waals surface area contributed by atoms with Gasteiger partial charge < -0.3 is 23.5 Å². The summed E-state index contributed by atoms with van der Waals surface area (Å²) in [4.78, 5) is 13.5. The Bertz CT molecular complexity index is 851. The van der Waals surface area contributed by atoms with E-state index in [1.54, 1.807) is 6.92 Å². The van der Waals surface area contributed by atoms with Gasteiger partial charge in [-0.25, -0.2) is 14.1 Å². The molecule has 2 saturated heterocycles. The van der Waals surface area contributed by atoms with Crippen LogP contribution < -0.4 is 4.90 Å². The summed E-state index contributed by atoms with van der Waals surface area (Å²) in [6.07, 6.45) is -2.18. The Labute approximate surface area is 146 Å². The number of carbonyl (C=O) groups excluding carboxylic acids is 1. The van der Waals surface area contributed by atoms with Crippen LogP contribution in [0.5, 0.6) is 0 Å². The smallest absolute Gasteiger partial charge is 0.416 e. The van der Waals surface area contributed by atoms with Crippen LogP contribution in [0.3, 0.4) is 0 Å². The first-order chi connectivity index (χ1) is 12.5. The number of anilines is 1. The molecule has 0 N–H and O–H groups in total. The van der Waals surface area contributed by atoms with Gasteiger partial charge in [-0.3, -0.25) is 0 Å². The van der Waals surface area contributed by atoms with Crippen molar-refractivity contribution in [1.82, 2.24) is 5.16 Å². The molecule has 0 saturated carbocycles. The second-order valence-electron chi connectivity index (χ2n) is 6.03. The Balaban J connectivity index is 1.84. The number of benzene rings is 1. The van der Waals surface area contributed by atoms with Crippen LogP contribution in [-0.4, -0.2) is 50.3 Å². The van der Waals surface area contributed by atoms with Gasteiger partial charge in [-0.2, -0.15) is 4.39 Å². The van der Waals surface area contributed by atoms with E-state index in [0.29, 0.717) is 0 Å². The summed E-state index contributed by atoms with van der Waals surface area (Å²) < 4.78 is 54.6. The first-order valence-corrected chi connectivity index (χ1v) is 8.02. The summed E-state index contributed by atoms with van der Waals surface area (Å²) in [5.74, 6) is -2.34. The molecule has 0 radical (unpaired) electrons. The minimum atomic E-state index is -1.22.